The van der Waals surface area contributed by atoms with Crippen LogP contribution >= 0.6 is 0 Å². The van der Waals surface area contributed by atoms with Gasteiger partial charge in [-0.05, 0) is 43.7 Å². The van der Waals surface area contributed by atoms with Gasteiger partial charge in [-0.2, -0.15) is 5.10 Å². The molecule has 0 aromatic heterocycles. The van der Waals surface area contributed by atoms with Crippen molar-refractivity contribution in [3.05, 3.63) is 24.3 Å². The number of hydrogen-bond donors (Lipinski definition) is 2. The number of carbonyl (C=O) groups is 1. The van der Waals surface area contributed by atoms with E-state index in [-0.39, 0.29) is 12.5 Å². The quantitative estimate of drug-likeness (QED) is 0.819. The maximum absolute atomic E-state index is 11.8. The summed E-state index contributed by atoms with van der Waals surface area (Å²) in [5.41, 5.74) is 4.52. The summed E-state index contributed by atoms with van der Waals surface area (Å²) in [4.78, 5) is 11.8. The van der Waals surface area contributed by atoms with Gasteiger partial charge in [0.2, 0.25) is 0 Å². The predicted molar refractivity (Wildman–Crippen MR) is 84.7 cm³/mol. The van der Waals surface area contributed by atoms with E-state index in [9.17, 15) is 4.79 Å². The van der Waals surface area contributed by atoms with E-state index in [0.717, 1.165) is 36.4 Å². The lowest BCUT2D eigenvalue weighted by atomic mass is 9.89. The Hall–Kier alpha value is -2.04. The summed E-state index contributed by atoms with van der Waals surface area (Å²) >= 11 is 0. The average Bonchev–Trinajstić information content (AvgIpc) is 2.51. The number of anilines is 1. The van der Waals surface area contributed by atoms with Gasteiger partial charge in [-0.1, -0.05) is 19.1 Å². The molecule has 5 nitrogen and oxygen atoms in total. The Balaban J connectivity index is 1.81. The summed E-state index contributed by atoms with van der Waals surface area (Å²) in [6.07, 6.45) is 4.39. The number of nitrogens with one attached hydrogen (secondary N) is 2. The van der Waals surface area contributed by atoms with Crippen molar-refractivity contribution in [1.82, 2.24) is 5.43 Å². The molecule has 0 aliphatic heterocycles. The number of nitrogens with zero attached hydrogens (tertiary/aromatic N) is 1. The van der Waals surface area contributed by atoms with Gasteiger partial charge in [0.15, 0.2) is 0 Å². The van der Waals surface area contributed by atoms with E-state index in [1.54, 1.807) is 7.11 Å². The second-order valence-electron chi connectivity index (χ2n) is 5.47. The van der Waals surface area contributed by atoms with Crippen molar-refractivity contribution in [3.63, 3.8) is 0 Å². The van der Waals surface area contributed by atoms with E-state index in [2.05, 4.69) is 22.8 Å². The minimum absolute atomic E-state index is 0.147. The molecule has 1 aromatic carbocycles. The zero-order chi connectivity index (χ0) is 15.1. The molecule has 1 atom stereocenters. The molecule has 0 saturated heterocycles. The van der Waals surface area contributed by atoms with E-state index in [4.69, 9.17) is 4.74 Å². The minimum atomic E-state index is -0.147. The zero-order valence-electron chi connectivity index (χ0n) is 12.7. The smallest absolute Gasteiger partial charge is 0.259 e. The van der Waals surface area contributed by atoms with Gasteiger partial charge in [-0.3, -0.25) is 4.79 Å². The van der Waals surface area contributed by atoms with E-state index in [1.165, 1.54) is 6.42 Å². The van der Waals surface area contributed by atoms with Gasteiger partial charge in [-0.15, -0.1) is 0 Å². The number of hydrogen-bond acceptors (Lipinski definition) is 4. The summed E-state index contributed by atoms with van der Waals surface area (Å²) in [7, 11) is 1.61. The van der Waals surface area contributed by atoms with Crippen LogP contribution in [0.4, 0.5) is 5.69 Å². The third-order valence-electron chi connectivity index (χ3n) is 3.63. The van der Waals surface area contributed by atoms with Gasteiger partial charge in [0.1, 0.15) is 5.75 Å². The predicted octanol–water partition coefficient (Wildman–Crippen LogP) is 2.79. The molecule has 0 unspecified atom stereocenters. The van der Waals surface area contributed by atoms with Gasteiger partial charge in [0.05, 0.1) is 19.3 Å². The fourth-order valence-corrected chi connectivity index (χ4v) is 2.51. The topological polar surface area (TPSA) is 62.7 Å². The molecule has 1 aliphatic carbocycles. The third kappa shape index (κ3) is 4.77. The summed E-state index contributed by atoms with van der Waals surface area (Å²) < 4.78 is 5.22. The average molecular weight is 289 g/mol. The lowest BCUT2D eigenvalue weighted by molar-refractivity contribution is -0.119. The molecule has 0 heterocycles. The van der Waals surface area contributed by atoms with Crippen LogP contribution in [0.15, 0.2) is 29.4 Å². The largest absolute Gasteiger partial charge is 0.495 e. The first kappa shape index (κ1) is 15.4. The van der Waals surface area contributed by atoms with Crippen molar-refractivity contribution in [2.45, 2.75) is 32.6 Å². The fourth-order valence-electron chi connectivity index (χ4n) is 2.51. The highest BCUT2D eigenvalue weighted by atomic mass is 16.5. The fraction of sp³-hybridized carbons (Fsp3) is 0.500. The molecule has 1 fully saturated rings. The molecular weight excluding hydrogens is 266 g/mol. The van der Waals surface area contributed by atoms with Crippen molar-refractivity contribution in [1.29, 1.82) is 0 Å². The number of benzene rings is 1. The SMILES string of the molecule is COc1ccccc1NCC(=O)N/N=C1\CCC[C@H](C)C1. The summed E-state index contributed by atoms with van der Waals surface area (Å²) in [6, 6.07) is 7.51. The molecule has 1 amide bonds. The lowest BCUT2D eigenvalue weighted by Gasteiger charge is -2.19. The van der Waals surface area contributed by atoms with Gasteiger partial charge in [-0.25, -0.2) is 5.43 Å². The van der Waals surface area contributed by atoms with Gasteiger partial charge in [0.25, 0.3) is 5.91 Å². The normalized spacial score (nSPS) is 20.1. The van der Waals surface area contributed by atoms with Crippen LogP contribution < -0.4 is 15.5 Å². The number of hydrazone groups is 1. The van der Waals surface area contributed by atoms with Crippen LogP contribution in [0.3, 0.4) is 0 Å². The van der Waals surface area contributed by atoms with Crippen molar-refractivity contribution in [2.24, 2.45) is 11.0 Å². The van der Waals surface area contributed by atoms with Crippen LogP contribution in [0, 0.1) is 5.92 Å². The Bertz CT molecular complexity index is 514. The molecule has 5 heteroatoms. The Labute approximate surface area is 125 Å². The maximum Gasteiger partial charge on any atom is 0.259 e. The maximum atomic E-state index is 11.8. The van der Waals surface area contributed by atoms with Crippen molar-refractivity contribution in [2.75, 3.05) is 19.0 Å². The number of ether oxygens (including phenoxy) is 1. The molecule has 0 spiro atoms. The molecule has 0 radical (unpaired) electrons. The minimum Gasteiger partial charge on any atom is -0.495 e. The molecule has 1 aliphatic rings. The van der Waals surface area contributed by atoms with Crippen molar-refractivity contribution in [3.8, 4) is 5.75 Å². The molecule has 2 rings (SSSR count). The molecule has 21 heavy (non-hydrogen) atoms. The molecule has 2 N–H and O–H groups in total. The van der Waals surface area contributed by atoms with Crippen LogP contribution in [-0.2, 0) is 4.79 Å². The van der Waals surface area contributed by atoms with Crippen LogP contribution in [0.1, 0.15) is 32.6 Å². The zero-order valence-corrected chi connectivity index (χ0v) is 12.7. The second-order valence-corrected chi connectivity index (χ2v) is 5.47. The standard InChI is InChI=1S/C16H23N3O2/c1-12-6-5-7-13(10-12)18-19-16(20)11-17-14-8-3-4-9-15(14)21-2/h3-4,8-9,12,17H,5-7,10-11H2,1-2H3,(H,19,20)/b18-13+/t12-/m0/s1. The van der Waals surface area contributed by atoms with E-state index >= 15 is 0 Å². The second kappa shape index (κ2) is 7.67. The molecule has 114 valence electrons. The van der Waals surface area contributed by atoms with Crippen molar-refractivity contribution < 1.29 is 9.53 Å². The number of amides is 1. The first-order valence-corrected chi connectivity index (χ1v) is 7.40. The van der Waals surface area contributed by atoms with Crippen LogP contribution in [0.5, 0.6) is 5.75 Å². The Morgan fingerprint density at radius 2 is 2.24 bits per heavy atom. The third-order valence-corrected chi connectivity index (χ3v) is 3.63. The highest BCUT2D eigenvalue weighted by molar-refractivity contribution is 5.88. The summed E-state index contributed by atoms with van der Waals surface area (Å²) in [5.74, 6) is 1.24. The van der Waals surface area contributed by atoms with Gasteiger partial charge < -0.3 is 10.1 Å². The molecule has 0 bridgehead atoms. The van der Waals surface area contributed by atoms with E-state index in [1.807, 2.05) is 24.3 Å². The van der Waals surface area contributed by atoms with Gasteiger partial charge in [0, 0.05) is 5.71 Å². The number of methoxy groups -OCH3 is 1. The van der Waals surface area contributed by atoms with E-state index < -0.39 is 0 Å². The Kier molecular flexibility index (Phi) is 5.60. The summed E-state index contributed by atoms with van der Waals surface area (Å²) in [6.45, 7) is 2.40. The monoisotopic (exact) mass is 289 g/mol. The van der Waals surface area contributed by atoms with Crippen molar-refractivity contribution >= 4 is 17.3 Å². The number of rotatable bonds is 5. The van der Waals surface area contributed by atoms with Gasteiger partial charge >= 0.3 is 0 Å². The Morgan fingerprint density at radius 3 is 3.00 bits per heavy atom. The molecule has 1 saturated carbocycles. The number of carbonyl (C=O) groups excluding carboxylic acids is 1. The van der Waals surface area contributed by atoms with Crippen LogP contribution in [0.25, 0.3) is 0 Å². The molecule has 1 aromatic rings. The van der Waals surface area contributed by atoms with Crippen LogP contribution in [-0.4, -0.2) is 25.3 Å². The first-order valence-electron chi connectivity index (χ1n) is 7.40. The lowest BCUT2D eigenvalue weighted by Crippen LogP contribution is -2.28. The highest BCUT2D eigenvalue weighted by Gasteiger charge is 2.14. The summed E-state index contributed by atoms with van der Waals surface area (Å²) in [5, 5.41) is 7.29. The highest BCUT2D eigenvalue weighted by Crippen LogP contribution is 2.22. The number of para-hydroxylation sites is 2. The Morgan fingerprint density at radius 1 is 1.43 bits per heavy atom. The molecular formula is C16H23N3O2. The first-order chi connectivity index (χ1) is 10.2. The van der Waals surface area contributed by atoms with E-state index in [0.29, 0.717) is 5.92 Å². The van der Waals surface area contributed by atoms with Crippen LogP contribution in [0.2, 0.25) is 0 Å².